The van der Waals surface area contributed by atoms with Gasteiger partial charge < -0.3 is 10.2 Å². The predicted molar refractivity (Wildman–Crippen MR) is 80.3 cm³/mol. The van der Waals surface area contributed by atoms with Crippen LogP contribution in [0.2, 0.25) is 0 Å². The van der Waals surface area contributed by atoms with Gasteiger partial charge in [-0.2, -0.15) is 16.9 Å². The number of nitrogens with one attached hydrogen (secondary N) is 1. The Kier molecular flexibility index (Phi) is 7.05. The Morgan fingerprint density at radius 2 is 2.11 bits per heavy atom. The molecule has 0 aliphatic heterocycles. The highest BCUT2D eigenvalue weighted by molar-refractivity contribution is 7.98. The molecule has 18 heavy (non-hydrogen) atoms. The maximum absolute atomic E-state index is 4.31. The van der Waals surface area contributed by atoms with Gasteiger partial charge in [-0.1, -0.05) is 13.8 Å². The molecule has 0 radical (unpaired) electrons. The second-order valence-electron chi connectivity index (χ2n) is 4.29. The van der Waals surface area contributed by atoms with E-state index in [1.807, 2.05) is 17.8 Å². The zero-order valence-corrected chi connectivity index (χ0v) is 12.6. The van der Waals surface area contributed by atoms with E-state index in [1.165, 1.54) is 0 Å². The van der Waals surface area contributed by atoms with E-state index in [1.54, 1.807) is 0 Å². The van der Waals surface area contributed by atoms with Gasteiger partial charge in [0.15, 0.2) is 5.82 Å². The van der Waals surface area contributed by atoms with Crippen LogP contribution in [-0.2, 0) is 6.54 Å². The lowest BCUT2D eigenvalue weighted by Crippen LogP contribution is -2.34. The fourth-order valence-corrected chi connectivity index (χ4v) is 2.62. The molecule has 1 atom stereocenters. The Labute approximate surface area is 115 Å². The third-order valence-corrected chi connectivity index (χ3v) is 3.72. The van der Waals surface area contributed by atoms with Gasteiger partial charge in [0.1, 0.15) is 0 Å². The molecule has 1 unspecified atom stereocenters. The smallest absolute Gasteiger partial charge is 0.151 e. The fourth-order valence-electron chi connectivity index (χ4n) is 1.77. The number of anilines is 1. The molecular weight excluding hydrogens is 244 g/mol. The van der Waals surface area contributed by atoms with Gasteiger partial charge in [-0.3, -0.25) is 0 Å². The first kappa shape index (κ1) is 15.2. The van der Waals surface area contributed by atoms with Crippen molar-refractivity contribution in [3.05, 3.63) is 17.8 Å². The van der Waals surface area contributed by atoms with Crippen LogP contribution < -0.4 is 10.2 Å². The summed E-state index contributed by atoms with van der Waals surface area (Å²) in [6, 6.07) is 4.63. The molecule has 0 aliphatic carbocycles. The van der Waals surface area contributed by atoms with Crippen LogP contribution in [0.25, 0.3) is 0 Å². The van der Waals surface area contributed by atoms with E-state index in [4.69, 9.17) is 0 Å². The van der Waals surface area contributed by atoms with Gasteiger partial charge in [0.2, 0.25) is 0 Å². The van der Waals surface area contributed by atoms with Crippen molar-refractivity contribution in [2.75, 3.05) is 30.5 Å². The van der Waals surface area contributed by atoms with E-state index in [0.717, 1.165) is 36.8 Å². The summed E-state index contributed by atoms with van der Waals surface area (Å²) in [6.07, 6.45) is 3.26. The molecule has 102 valence electrons. The Hall–Kier alpha value is -0.810. The molecule has 1 aromatic heterocycles. The zero-order chi connectivity index (χ0) is 13.4. The van der Waals surface area contributed by atoms with Crippen molar-refractivity contribution in [3.8, 4) is 0 Å². The molecule has 4 nitrogen and oxygen atoms in total. The number of hydrogen-bond acceptors (Lipinski definition) is 5. The van der Waals surface area contributed by atoms with E-state index in [0.29, 0.717) is 6.04 Å². The number of aromatic nitrogens is 2. The molecule has 0 bridgehead atoms. The Morgan fingerprint density at radius 3 is 2.61 bits per heavy atom. The minimum absolute atomic E-state index is 0.522. The summed E-state index contributed by atoms with van der Waals surface area (Å²) in [5.41, 5.74) is 0.993. The number of thioether (sulfide) groups is 1. The van der Waals surface area contributed by atoms with Crippen LogP contribution >= 0.6 is 11.8 Å². The van der Waals surface area contributed by atoms with Crippen LogP contribution in [0.3, 0.4) is 0 Å². The largest absolute Gasteiger partial charge is 0.354 e. The Morgan fingerprint density at radius 1 is 1.33 bits per heavy atom. The van der Waals surface area contributed by atoms with Crippen molar-refractivity contribution < 1.29 is 0 Å². The van der Waals surface area contributed by atoms with E-state index < -0.39 is 0 Å². The van der Waals surface area contributed by atoms with E-state index in [2.05, 4.69) is 53.6 Å². The van der Waals surface area contributed by atoms with Gasteiger partial charge >= 0.3 is 0 Å². The van der Waals surface area contributed by atoms with Crippen molar-refractivity contribution >= 4 is 17.6 Å². The molecule has 0 aromatic carbocycles. The molecule has 1 N–H and O–H groups in total. The van der Waals surface area contributed by atoms with Crippen molar-refractivity contribution in [2.45, 2.75) is 32.9 Å². The quantitative estimate of drug-likeness (QED) is 0.782. The Balaban J connectivity index is 2.65. The van der Waals surface area contributed by atoms with E-state index in [-0.39, 0.29) is 0 Å². The molecule has 1 rings (SSSR count). The first-order valence-corrected chi connectivity index (χ1v) is 7.87. The standard InChI is InChI=1S/C13H24N4S/c1-5-12(10-18-4)17(3)13-8-7-11(15-16-13)9-14-6-2/h7-8,12,14H,5-6,9-10H2,1-4H3. The van der Waals surface area contributed by atoms with Gasteiger partial charge in [-0.05, 0) is 31.4 Å². The molecule has 0 spiro atoms. The molecule has 0 saturated carbocycles. The van der Waals surface area contributed by atoms with Crippen LogP contribution in [0.5, 0.6) is 0 Å². The number of rotatable bonds is 8. The first-order valence-electron chi connectivity index (χ1n) is 6.48. The van der Waals surface area contributed by atoms with Crippen LogP contribution in [-0.4, -0.2) is 41.8 Å². The summed E-state index contributed by atoms with van der Waals surface area (Å²) in [7, 11) is 2.10. The third-order valence-electron chi connectivity index (χ3n) is 3.00. The van der Waals surface area contributed by atoms with Crippen molar-refractivity contribution in [2.24, 2.45) is 0 Å². The topological polar surface area (TPSA) is 41.0 Å². The molecule has 0 aliphatic rings. The predicted octanol–water partition coefficient (Wildman–Crippen LogP) is 2.16. The monoisotopic (exact) mass is 268 g/mol. The molecule has 5 heteroatoms. The lowest BCUT2D eigenvalue weighted by atomic mass is 10.2. The van der Waals surface area contributed by atoms with Gasteiger partial charge in [0.25, 0.3) is 0 Å². The summed E-state index contributed by atoms with van der Waals surface area (Å²) in [4.78, 5) is 2.22. The first-order chi connectivity index (χ1) is 8.72. The number of hydrogen-bond donors (Lipinski definition) is 1. The maximum atomic E-state index is 4.31. The highest BCUT2D eigenvalue weighted by atomic mass is 32.2. The summed E-state index contributed by atoms with van der Waals surface area (Å²) < 4.78 is 0. The average molecular weight is 268 g/mol. The second-order valence-corrected chi connectivity index (χ2v) is 5.20. The molecule has 1 heterocycles. The van der Waals surface area contributed by atoms with Gasteiger partial charge in [-0.25, -0.2) is 0 Å². The van der Waals surface area contributed by atoms with Crippen molar-refractivity contribution in [3.63, 3.8) is 0 Å². The number of nitrogens with zero attached hydrogens (tertiary/aromatic N) is 3. The van der Waals surface area contributed by atoms with Crippen LogP contribution in [0.1, 0.15) is 26.0 Å². The minimum atomic E-state index is 0.522. The fraction of sp³-hybridized carbons (Fsp3) is 0.692. The lowest BCUT2D eigenvalue weighted by molar-refractivity contribution is 0.654. The molecule has 0 fully saturated rings. The summed E-state index contributed by atoms with van der Waals surface area (Å²) in [5.74, 6) is 2.07. The molecule has 1 aromatic rings. The van der Waals surface area contributed by atoms with E-state index >= 15 is 0 Å². The van der Waals surface area contributed by atoms with Crippen molar-refractivity contribution in [1.29, 1.82) is 0 Å². The van der Waals surface area contributed by atoms with Crippen LogP contribution in [0.4, 0.5) is 5.82 Å². The second kappa shape index (κ2) is 8.32. The van der Waals surface area contributed by atoms with Crippen LogP contribution in [0.15, 0.2) is 12.1 Å². The lowest BCUT2D eigenvalue weighted by Gasteiger charge is -2.27. The van der Waals surface area contributed by atoms with Crippen molar-refractivity contribution in [1.82, 2.24) is 15.5 Å². The van der Waals surface area contributed by atoms with E-state index in [9.17, 15) is 0 Å². The average Bonchev–Trinajstić information content (AvgIpc) is 2.42. The van der Waals surface area contributed by atoms with Gasteiger partial charge in [0.05, 0.1) is 5.69 Å². The van der Waals surface area contributed by atoms with Crippen LogP contribution in [0, 0.1) is 0 Å². The third kappa shape index (κ3) is 4.46. The highest BCUT2D eigenvalue weighted by Crippen LogP contribution is 2.15. The SMILES string of the molecule is CCNCc1ccc(N(C)C(CC)CSC)nn1. The summed E-state index contributed by atoms with van der Waals surface area (Å²) in [5, 5.41) is 11.8. The molecular formula is C13H24N4S. The zero-order valence-electron chi connectivity index (χ0n) is 11.8. The normalized spacial score (nSPS) is 12.4. The highest BCUT2D eigenvalue weighted by Gasteiger charge is 2.14. The van der Waals surface area contributed by atoms with Gasteiger partial charge in [0, 0.05) is 25.4 Å². The summed E-state index contributed by atoms with van der Waals surface area (Å²) >= 11 is 1.87. The molecule has 0 amide bonds. The minimum Gasteiger partial charge on any atom is -0.354 e. The molecule has 0 saturated heterocycles. The maximum Gasteiger partial charge on any atom is 0.151 e. The Bertz CT molecular complexity index is 328. The van der Waals surface area contributed by atoms with Gasteiger partial charge in [-0.15, -0.1) is 5.10 Å². The summed E-state index contributed by atoms with van der Waals surface area (Å²) in [6.45, 7) is 6.04.